The SMILES string of the molecule is CCOC(=O)[C@@]1(c2ccc(Cl)cc2)N=C(c2ccc(OC)cc2OC(C)C)N(Cc2cc(OC)cc(OC)c2)[C@@H]1c1ccc(Cl)cc1. The summed E-state index contributed by atoms with van der Waals surface area (Å²) in [5.74, 6) is 2.44. The Morgan fingerprint density at radius 1 is 0.830 bits per heavy atom. The predicted molar refractivity (Wildman–Crippen MR) is 184 cm³/mol. The van der Waals surface area contributed by atoms with E-state index in [9.17, 15) is 4.79 Å². The second-order valence-electron chi connectivity index (χ2n) is 11.3. The van der Waals surface area contributed by atoms with Gasteiger partial charge in [0.05, 0.1) is 45.6 Å². The second-order valence-corrected chi connectivity index (χ2v) is 12.1. The summed E-state index contributed by atoms with van der Waals surface area (Å²) >= 11 is 12.7. The van der Waals surface area contributed by atoms with Gasteiger partial charge in [-0.1, -0.05) is 47.5 Å². The maximum Gasteiger partial charge on any atom is 0.341 e. The Morgan fingerprint density at radius 3 is 1.98 bits per heavy atom. The molecule has 0 aromatic heterocycles. The normalized spacial score (nSPS) is 17.3. The van der Waals surface area contributed by atoms with Crippen molar-refractivity contribution >= 4 is 35.0 Å². The van der Waals surface area contributed by atoms with Gasteiger partial charge in [-0.2, -0.15) is 0 Å². The molecule has 1 heterocycles. The van der Waals surface area contributed by atoms with Crippen molar-refractivity contribution in [3.8, 4) is 23.0 Å². The number of hydrogen-bond acceptors (Lipinski definition) is 8. The van der Waals surface area contributed by atoms with Gasteiger partial charge in [0.15, 0.2) is 0 Å². The van der Waals surface area contributed by atoms with E-state index in [1.54, 1.807) is 52.5 Å². The zero-order valence-corrected chi connectivity index (χ0v) is 28.8. The summed E-state index contributed by atoms with van der Waals surface area (Å²) in [5, 5.41) is 1.09. The first-order chi connectivity index (χ1) is 22.6. The summed E-state index contributed by atoms with van der Waals surface area (Å²) in [6, 6.07) is 25.1. The molecule has 0 saturated heterocycles. The Labute approximate surface area is 285 Å². The van der Waals surface area contributed by atoms with Gasteiger partial charge < -0.3 is 28.6 Å². The molecule has 5 rings (SSSR count). The molecule has 47 heavy (non-hydrogen) atoms. The Bertz CT molecular complexity index is 1720. The topological polar surface area (TPSA) is 78.8 Å². The zero-order valence-electron chi connectivity index (χ0n) is 27.3. The monoisotopic (exact) mass is 676 g/mol. The number of esters is 1. The summed E-state index contributed by atoms with van der Waals surface area (Å²) in [4.78, 5) is 22.0. The molecule has 10 heteroatoms. The Hall–Kier alpha value is -4.40. The van der Waals surface area contributed by atoms with Crippen molar-refractivity contribution in [2.75, 3.05) is 27.9 Å². The van der Waals surface area contributed by atoms with Crippen LogP contribution < -0.4 is 18.9 Å². The number of methoxy groups -OCH3 is 3. The maximum atomic E-state index is 14.5. The standard InChI is InChI=1S/C37H38Cl2N2O6/c1-7-46-36(42)37(26-10-14-28(39)15-11-26)34(25-8-12-27(38)13-9-25)41(22-24-18-30(44-5)20-31(19-24)45-6)35(40-37)32-17-16-29(43-4)21-33(32)47-23(2)3/h8-21,23,34H,7,22H2,1-6H3/t34-,37+/m1/s1. The third-order valence-electron chi connectivity index (χ3n) is 7.87. The molecular formula is C37H38Cl2N2O6. The van der Waals surface area contributed by atoms with Gasteiger partial charge >= 0.3 is 5.97 Å². The molecule has 4 aromatic rings. The van der Waals surface area contributed by atoms with Gasteiger partial charge in [-0.05, 0) is 86.0 Å². The van der Waals surface area contributed by atoms with Crippen LogP contribution in [-0.4, -0.2) is 50.7 Å². The Balaban J connectivity index is 1.86. The molecule has 246 valence electrons. The summed E-state index contributed by atoms with van der Waals surface area (Å²) < 4.78 is 29.0. The first kappa shape index (κ1) is 33.9. The van der Waals surface area contributed by atoms with Crippen molar-refractivity contribution in [1.29, 1.82) is 0 Å². The van der Waals surface area contributed by atoms with Crippen molar-refractivity contribution in [1.82, 2.24) is 4.90 Å². The fourth-order valence-corrected chi connectivity index (χ4v) is 6.10. The van der Waals surface area contributed by atoms with Crippen LogP contribution >= 0.6 is 23.2 Å². The number of hydrogen-bond donors (Lipinski definition) is 0. The van der Waals surface area contributed by atoms with Gasteiger partial charge in [-0.25, -0.2) is 9.79 Å². The highest BCUT2D eigenvalue weighted by Gasteiger charge is 2.57. The van der Waals surface area contributed by atoms with Gasteiger partial charge in [0, 0.05) is 28.7 Å². The number of nitrogens with zero attached hydrogens (tertiary/aromatic N) is 2. The van der Waals surface area contributed by atoms with Crippen LogP contribution in [0.5, 0.6) is 23.0 Å². The van der Waals surface area contributed by atoms with E-state index in [1.807, 2.05) is 74.5 Å². The molecule has 1 aliphatic heterocycles. The predicted octanol–water partition coefficient (Wildman–Crippen LogP) is 8.27. The smallest absolute Gasteiger partial charge is 0.341 e. The number of halogens is 2. The van der Waals surface area contributed by atoms with Crippen molar-refractivity contribution in [3.63, 3.8) is 0 Å². The van der Waals surface area contributed by atoms with E-state index < -0.39 is 17.6 Å². The van der Waals surface area contributed by atoms with Crippen LogP contribution in [0.1, 0.15) is 49.1 Å². The number of rotatable bonds is 12. The third kappa shape index (κ3) is 6.99. The average molecular weight is 678 g/mol. The first-order valence-electron chi connectivity index (χ1n) is 15.3. The van der Waals surface area contributed by atoms with E-state index in [1.165, 1.54) is 0 Å². The average Bonchev–Trinajstić information content (AvgIpc) is 3.40. The minimum atomic E-state index is -1.55. The molecule has 0 saturated carbocycles. The molecule has 1 aliphatic rings. The van der Waals surface area contributed by atoms with Crippen molar-refractivity contribution < 1.29 is 28.5 Å². The van der Waals surface area contributed by atoms with Crippen LogP contribution in [0, 0.1) is 0 Å². The van der Waals surface area contributed by atoms with Crippen LogP contribution in [0.15, 0.2) is 89.9 Å². The van der Waals surface area contributed by atoms with Crippen LogP contribution in [0.25, 0.3) is 0 Å². The molecule has 4 aromatic carbocycles. The summed E-state index contributed by atoms with van der Waals surface area (Å²) in [5.41, 5.74) is 1.40. The Morgan fingerprint density at radius 2 is 1.43 bits per heavy atom. The number of amidine groups is 1. The van der Waals surface area contributed by atoms with E-state index in [0.29, 0.717) is 56.6 Å². The summed E-state index contributed by atoms with van der Waals surface area (Å²) in [6.45, 7) is 6.15. The molecule has 0 fully saturated rings. The Kier molecular flexibility index (Phi) is 10.5. The largest absolute Gasteiger partial charge is 0.497 e. The molecule has 2 atom stereocenters. The van der Waals surface area contributed by atoms with Crippen LogP contribution in [0.3, 0.4) is 0 Å². The molecule has 0 bridgehead atoms. The first-order valence-corrected chi connectivity index (χ1v) is 16.0. The zero-order chi connectivity index (χ0) is 33.7. The molecule has 0 spiro atoms. The van der Waals surface area contributed by atoms with Gasteiger partial charge in [-0.3, -0.25) is 0 Å². The van der Waals surface area contributed by atoms with E-state index >= 15 is 0 Å². The lowest BCUT2D eigenvalue weighted by atomic mass is 9.79. The molecular weight excluding hydrogens is 639 g/mol. The lowest BCUT2D eigenvalue weighted by molar-refractivity contribution is -0.151. The third-order valence-corrected chi connectivity index (χ3v) is 8.38. The highest BCUT2D eigenvalue weighted by atomic mass is 35.5. The van der Waals surface area contributed by atoms with Crippen molar-refractivity contribution in [3.05, 3.63) is 117 Å². The van der Waals surface area contributed by atoms with Gasteiger partial charge in [0.25, 0.3) is 0 Å². The lowest BCUT2D eigenvalue weighted by Gasteiger charge is -2.37. The van der Waals surface area contributed by atoms with Crippen LogP contribution in [0.2, 0.25) is 10.0 Å². The summed E-state index contributed by atoms with van der Waals surface area (Å²) in [6.07, 6.45) is -0.155. The molecule has 0 radical (unpaired) electrons. The minimum absolute atomic E-state index is 0.155. The minimum Gasteiger partial charge on any atom is -0.497 e. The van der Waals surface area contributed by atoms with E-state index in [0.717, 1.165) is 11.1 Å². The summed E-state index contributed by atoms with van der Waals surface area (Å²) in [7, 11) is 4.82. The van der Waals surface area contributed by atoms with Gasteiger partial charge in [-0.15, -0.1) is 0 Å². The van der Waals surface area contributed by atoms with E-state index in [2.05, 4.69) is 4.90 Å². The molecule has 0 N–H and O–H groups in total. The fraction of sp³-hybridized carbons (Fsp3) is 0.297. The quantitative estimate of drug-likeness (QED) is 0.140. The number of benzene rings is 4. The molecule has 8 nitrogen and oxygen atoms in total. The van der Waals surface area contributed by atoms with E-state index in [4.69, 9.17) is 51.9 Å². The number of ether oxygens (including phenoxy) is 5. The van der Waals surface area contributed by atoms with Crippen LogP contribution in [0.4, 0.5) is 0 Å². The van der Waals surface area contributed by atoms with Crippen LogP contribution in [-0.2, 0) is 21.6 Å². The number of carbonyl (C=O) groups excluding carboxylic acids is 1. The number of carbonyl (C=O) groups is 1. The fourth-order valence-electron chi connectivity index (χ4n) is 5.85. The van der Waals surface area contributed by atoms with Gasteiger partial charge in [0.1, 0.15) is 28.8 Å². The molecule has 0 amide bonds. The molecule has 0 aliphatic carbocycles. The second kappa shape index (κ2) is 14.6. The highest BCUT2D eigenvalue weighted by molar-refractivity contribution is 6.30. The van der Waals surface area contributed by atoms with Crippen molar-refractivity contribution in [2.45, 2.75) is 45.0 Å². The number of aliphatic imine (C=N–C) groups is 1. The van der Waals surface area contributed by atoms with Crippen molar-refractivity contribution in [2.24, 2.45) is 4.99 Å². The molecule has 0 unspecified atom stereocenters. The highest BCUT2D eigenvalue weighted by Crippen LogP contribution is 2.51. The maximum absolute atomic E-state index is 14.5. The van der Waals surface area contributed by atoms with E-state index in [-0.39, 0.29) is 12.7 Å². The van der Waals surface area contributed by atoms with Gasteiger partial charge in [0.2, 0.25) is 5.54 Å². The lowest BCUT2D eigenvalue weighted by Crippen LogP contribution is -2.44.